The maximum atomic E-state index is 12.8. The van der Waals surface area contributed by atoms with Gasteiger partial charge in [0.15, 0.2) is 5.84 Å². The molecule has 0 saturated carbocycles. The molecule has 1 atom stereocenters. The molecule has 9 heteroatoms. The molecule has 1 amide bonds. The number of carbonyl (C=O) groups excluding carboxylic acids is 2. The van der Waals surface area contributed by atoms with Gasteiger partial charge in [0.25, 0.3) is 0 Å². The fraction of sp³-hybridized carbons (Fsp3) is 0.353. The molecule has 2 heterocycles. The molecule has 8 nitrogen and oxygen atoms in total. The van der Waals surface area contributed by atoms with Crippen molar-refractivity contribution in [1.29, 1.82) is 0 Å². The van der Waals surface area contributed by atoms with Gasteiger partial charge in [-0.05, 0) is 12.0 Å². The number of benzene rings is 1. The molecule has 1 radical (unpaired) electrons. The Morgan fingerprint density at radius 2 is 2.00 bits per heavy atom. The Morgan fingerprint density at radius 3 is 2.65 bits per heavy atom. The minimum Gasteiger partial charge on any atom is -0.354 e. The van der Waals surface area contributed by atoms with Crippen LogP contribution in [0.5, 0.6) is 0 Å². The highest BCUT2D eigenvalue weighted by atomic mass is 32.2. The van der Waals surface area contributed by atoms with Crippen LogP contribution >= 0.6 is 0 Å². The number of amidine groups is 1. The number of amides is 1. The summed E-state index contributed by atoms with van der Waals surface area (Å²) in [6.45, 7) is 0.246. The van der Waals surface area contributed by atoms with E-state index in [2.05, 4.69) is 15.6 Å². The van der Waals surface area contributed by atoms with Crippen molar-refractivity contribution in [2.75, 3.05) is 25.4 Å². The van der Waals surface area contributed by atoms with Gasteiger partial charge < -0.3 is 5.32 Å². The molecule has 137 valence electrons. The zero-order valence-corrected chi connectivity index (χ0v) is 14.9. The number of aliphatic imine (C=N–C) groups is 1. The summed E-state index contributed by atoms with van der Waals surface area (Å²) in [5, 5.41) is 6.49. The number of nitrogens with one attached hydrogen (secondary N) is 1. The highest BCUT2D eigenvalue weighted by Gasteiger charge is 2.34. The summed E-state index contributed by atoms with van der Waals surface area (Å²) in [5.74, 6) is -1.95. The molecule has 2 aliphatic heterocycles. The van der Waals surface area contributed by atoms with Crippen molar-refractivity contribution in [3.8, 4) is 0 Å². The molecular formula is C17H19N4O4S. The standard InChI is InChI=1S/C17H19N4O4S/c22-15-11-21(9-8-18-15)26(24,25)12-14(10-13-4-2-1-3-5-13)16(23)17-19-6-7-20-17/h1-7,14H,8-12H2,(H,18,22)/t14-/m1/s1. The second-order valence-electron chi connectivity index (χ2n) is 6.09. The summed E-state index contributed by atoms with van der Waals surface area (Å²) in [6.07, 6.45) is 3.06. The number of sulfonamides is 1. The highest BCUT2D eigenvalue weighted by Crippen LogP contribution is 2.17. The van der Waals surface area contributed by atoms with E-state index < -0.39 is 21.7 Å². The van der Waals surface area contributed by atoms with E-state index in [1.807, 2.05) is 30.3 Å². The molecule has 1 saturated heterocycles. The van der Waals surface area contributed by atoms with E-state index in [1.165, 1.54) is 12.4 Å². The zero-order chi connectivity index (χ0) is 18.6. The van der Waals surface area contributed by atoms with Crippen LogP contribution in [0.1, 0.15) is 5.56 Å². The number of nitrogens with zero attached hydrogens (tertiary/aromatic N) is 3. The summed E-state index contributed by atoms with van der Waals surface area (Å²) < 4.78 is 26.6. The van der Waals surface area contributed by atoms with Crippen molar-refractivity contribution < 1.29 is 18.0 Å². The van der Waals surface area contributed by atoms with E-state index in [-0.39, 0.29) is 43.6 Å². The Hall–Kier alpha value is -2.52. The fourth-order valence-corrected chi connectivity index (χ4v) is 4.56. The lowest BCUT2D eigenvalue weighted by atomic mass is 9.96. The Balaban J connectivity index is 1.80. The van der Waals surface area contributed by atoms with Gasteiger partial charge in [-0.15, -0.1) is 0 Å². The first kappa shape index (κ1) is 18.3. The van der Waals surface area contributed by atoms with Crippen LogP contribution in [0.2, 0.25) is 0 Å². The van der Waals surface area contributed by atoms with Crippen LogP contribution in [0.15, 0.2) is 47.7 Å². The fourth-order valence-electron chi connectivity index (χ4n) is 2.89. The zero-order valence-electron chi connectivity index (χ0n) is 14.0. The number of hydrogen-bond acceptors (Lipinski definition) is 5. The predicted molar refractivity (Wildman–Crippen MR) is 95.7 cm³/mol. The van der Waals surface area contributed by atoms with Gasteiger partial charge in [-0.25, -0.2) is 18.7 Å². The SMILES string of the molecule is O=C1CN(S(=O)(=O)C[C@@H](Cc2ccccc2)C(=O)C2=NC=C[N]2)CCN1. The highest BCUT2D eigenvalue weighted by molar-refractivity contribution is 7.89. The molecule has 0 spiro atoms. The van der Waals surface area contributed by atoms with Crippen molar-refractivity contribution >= 4 is 27.5 Å². The smallest absolute Gasteiger partial charge is 0.235 e. The van der Waals surface area contributed by atoms with Crippen molar-refractivity contribution in [3.63, 3.8) is 0 Å². The summed E-state index contributed by atoms with van der Waals surface area (Å²) in [4.78, 5) is 28.2. The Labute approximate surface area is 152 Å². The topological polar surface area (TPSA) is 110 Å². The normalized spacial score (nSPS) is 18.8. The molecule has 2 aliphatic rings. The maximum absolute atomic E-state index is 12.8. The van der Waals surface area contributed by atoms with Crippen LogP contribution in [0, 0.1) is 5.92 Å². The second kappa shape index (κ2) is 7.79. The predicted octanol–water partition coefficient (Wildman–Crippen LogP) is -0.336. The summed E-state index contributed by atoms with van der Waals surface area (Å²) in [7, 11) is -3.78. The first-order valence-corrected chi connectivity index (χ1v) is 9.83. The van der Waals surface area contributed by atoms with Crippen LogP contribution < -0.4 is 10.6 Å². The molecule has 0 aromatic heterocycles. The molecular weight excluding hydrogens is 356 g/mol. The average molecular weight is 375 g/mol. The van der Waals surface area contributed by atoms with Gasteiger partial charge in [-0.2, -0.15) is 4.31 Å². The third-order valence-corrected chi connectivity index (χ3v) is 6.11. The molecule has 0 unspecified atom stereocenters. The van der Waals surface area contributed by atoms with Crippen LogP contribution in [0.25, 0.3) is 0 Å². The molecule has 3 rings (SSSR count). The van der Waals surface area contributed by atoms with Crippen LogP contribution in [0.3, 0.4) is 0 Å². The van der Waals surface area contributed by atoms with Gasteiger partial charge >= 0.3 is 0 Å². The van der Waals surface area contributed by atoms with E-state index in [4.69, 9.17) is 0 Å². The number of carbonyl (C=O) groups is 2. The van der Waals surface area contributed by atoms with E-state index in [9.17, 15) is 18.0 Å². The number of piperazine rings is 1. The first-order valence-electron chi connectivity index (χ1n) is 8.22. The first-order chi connectivity index (χ1) is 12.5. The Morgan fingerprint density at radius 1 is 1.23 bits per heavy atom. The van der Waals surface area contributed by atoms with Gasteiger partial charge in [-0.1, -0.05) is 30.3 Å². The maximum Gasteiger partial charge on any atom is 0.235 e. The quantitative estimate of drug-likeness (QED) is 0.703. The van der Waals surface area contributed by atoms with E-state index in [1.54, 1.807) is 0 Å². The molecule has 1 fully saturated rings. The summed E-state index contributed by atoms with van der Waals surface area (Å²) >= 11 is 0. The van der Waals surface area contributed by atoms with Crippen LogP contribution in [0.4, 0.5) is 0 Å². The summed E-state index contributed by atoms with van der Waals surface area (Å²) in [5.41, 5.74) is 0.851. The van der Waals surface area contributed by atoms with Gasteiger partial charge in [0.1, 0.15) is 0 Å². The number of hydrogen-bond donors (Lipinski definition) is 1. The third-order valence-electron chi connectivity index (χ3n) is 4.18. The third kappa shape index (κ3) is 4.36. The number of rotatable bonds is 7. The van der Waals surface area contributed by atoms with Gasteiger partial charge in [0, 0.05) is 31.4 Å². The van der Waals surface area contributed by atoms with Gasteiger partial charge in [-0.3, -0.25) is 9.59 Å². The van der Waals surface area contributed by atoms with E-state index >= 15 is 0 Å². The van der Waals surface area contributed by atoms with Crippen molar-refractivity contribution in [2.24, 2.45) is 10.9 Å². The lowest BCUT2D eigenvalue weighted by Gasteiger charge is -2.27. The minimum absolute atomic E-state index is 0.0116. The lowest BCUT2D eigenvalue weighted by Crippen LogP contribution is -2.51. The molecule has 0 aliphatic carbocycles. The van der Waals surface area contributed by atoms with E-state index in [0.717, 1.165) is 9.87 Å². The number of ketones is 1. The second-order valence-corrected chi connectivity index (χ2v) is 8.11. The van der Waals surface area contributed by atoms with Crippen LogP contribution in [-0.4, -0.2) is 55.6 Å². The van der Waals surface area contributed by atoms with Gasteiger partial charge in [0.05, 0.1) is 12.3 Å². The molecule has 1 N–H and O–H groups in total. The van der Waals surface area contributed by atoms with Crippen molar-refractivity contribution in [3.05, 3.63) is 48.3 Å². The van der Waals surface area contributed by atoms with Crippen LogP contribution in [-0.2, 0) is 26.0 Å². The Bertz CT molecular complexity index is 849. The van der Waals surface area contributed by atoms with Gasteiger partial charge in [0.2, 0.25) is 21.7 Å². The number of Topliss-reactive ketones (excluding diaryl/α,β-unsaturated/α-hetero) is 1. The minimum atomic E-state index is -3.78. The molecule has 26 heavy (non-hydrogen) atoms. The molecule has 1 aromatic carbocycles. The lowest BCUT2D eigenvalue weighted by molar-refractivity contribution is -0.122. The molecule has 0 bridgehead atoms. The van der Waals surface area contributed by atoms with Crippen molar-refractivity contribution in [1.82, 2.24) is 14.9 Å². The van der Waals surface area contributed by atoms with Crippen molar-refractivity contribution in [2.45, 2.75) is 6.42 Å². The average Bonchev–Trinajstić information content (AvgIpc) is 3.16. The Kier molecular flexibility index (Phi) is 5.48. The molecule has 1 aromatic rings. The summed E-state index contributed by atoms with van der Waals surface area (Å²) in [6, 6.07) is 9.20. The van der Waals surface area contributed by atoms with E-state index in [0.29, 0.717) is 0 Å². The monoisotopic (exact) mass is 375 g/mol. The largest absolute Gasteiger partial charge is 0.354 e.